The van der Waals surface area contributed by atoms with Gasteiger partial charge in [-0.3, -0.25) is 4.79 Å². The molecule has 3 saturated heterocycles. The van der Waals surface area contributed by atoms with Gasteiger partial charge in [0.25, 0.3) is 0 Å². The number of carbonyl (C=O) groups is 2. The number of rotatable bonds is 2. The number of carbonyl (C=O) groups excluding carboxylic acids is 2. The maximum absolute atomic E-state index is 12.5. The molecule has 8 heteroatoms. The largest absolute Gasteiger partial charge is 0.345 e. The first kappa shape index (κ1) is 13.0. The Kier molecular flexibility index (Phi) is 3.32. The van der Waals surface area contributed by atoms with Gasteiger partial charge in [0.05, 0.1) is 6.04 Å². The zero-order chi connectivity index (χ0) is 13.6. The Bertz CT molecular complexity index is 407. The van der Waals surface area contributed by atoms with Crippen LogP contribution in [0.15, 0.2) is 0 Å². The van der Waals surface area contributed by atoms with Crippen molar-refractivity contribution >= 4 is 24.8 Å². The van der Waals surface area contributed by atoms with Crippen LogP contribution in [0.4, 0.5) is 4.79 Å². The molecule has 3 rings (SSSR count). The van der Waals surface area contributed by atoms with Crippen LogP contribution in [-0.4, -0.2) is 64.6 Å². The van der Waals surface area contributed by atoms with Gasteiger partial charge in [-0.2, -0.15) is 5.06 Å². The van der Waals surface area contributed by atoms with E-state index in [4.69, 9.17) is 10.0 Å². The number of urea groups is 1. The summed E-state index contributed by atoms with van der Waals surface area (Å²) < 4.78 is 4.80. The SMILES string of the molecule is N[C@H]1CCN(C(=O)[C@@H]2CC[C@@H]3CN2C(=O)N3OS)C1. The van der Waals surface area contributed by atoms with Crippen LogP contribution < -0.4 is 5.73 Å². The number of hydrogen-bond donors (Lipinski definition) is 2. The molecule has 0 spiro atoms. The molecule has 3 fully saturated rings. The van der Waals surface area contributed by atoms with Crippen LogP contribution in [0.3, 0.4) is 0 Å². The molecular weight excluding hydrogens is 268 g/mol. The van der Waals surface area contributed by atoms with Crippen LogP contribution in [0.5, 0.6) is 0 Å². The molecule has 106 valence electrons. The van der Waals surface area contributed by atoms with Gasteiger partial charge in [-0.1, -0.05) is 0 Å². The normalized spacial score (nSPS) is 34.3. The lowest BCUT2D eigenvalue weighted by Crippen LogP contribution is -2.51. The van der Waals surface area contributed by atoms with Crippen molar-refractivity contribution in [1.82, 2.24) is 14.9 Å². The van der Waals surface area contributed by atoms with E-state index in [0.29, 0.717) is 26.1 Å². The van der Waals surface area contributed by atoms with E-state index >= 15 is 0 Å². The van der Waals surface area contributed by atoms with E-state index in [9.17, 15) is 9.59 Å². The number of thiol groups is 1. The van der Waals surface area contributed by atoms with Crippen molar-refractivity contribution in [3.05, 3.63) is 0 Å². The van der Waals surface area contributed by atoms with E-state index in [1.54, 1.807) is 9.80 Å². The lowest BCUT2D eigenvalue weighted by molar-refractivity contribution is -0.135. The van der Waals surface area contributed by atoms with Crippen molar-refractivity contribution in [2.45, 2.75) is 37.4 Å². The predicted molar refractivity (Wildman–Crippen MR) is 70.0 cm³/mol. The Balaban J connectivity index is 1.72. The monoisotopic (exact) mass is 286 g/mol. The Morgan fingerprint density at radius 2 is 2.11 bits per heavy atom. The summed E-state index contributed by atoms with van der Waals surface area (Å²) in [5.74, 6) is 0.0146. The summed E-state index contributed by atoms with van der Waals surface area (Å²) >= 11 is 3.70. The quantitative estimate of drug-likeness (QED) is 0.534. The molecule has 0 saturated carbocycles. The molecule has 0 aromatic heterocycles. The van der Waals surface area contributed by atoms with Gasteiger partial charge in [0.1, 0.15) is 6.04 Å². The molecule has 0 radical (unpaired) electrons. The molecule has 7 nitrogen and oxygen atoms in total. The minimum Gasteiger partial charge on any atom is -0.339 e. The number of fused-ring (bicyclic) bond motifs is 2. The minimum absolute atomic E-state index is 0.00915. The molecule has 0 unspecified atom stereocenters. The number of piperidine rings is 1. The zero-order valence-corrected chi connectivity index (χ0v) is 11.5. The Labute approximate surface area is 117 Å². The van der Waals surface area contributed by atoms with Gasteiger partial charge in [0.2, 0.25) is 5.91 Å². The van der Waals surface area contributed by atoms with Crippen LogP contribution in [0.1, 0.15) is 19.3 Å². The van der Waals surface area contributed by atoms with E-state index < -0.39 is 0 Å². The van der Waals surface area contributed by atoms with Crippen molar-refractivity contribution in [3.63, 3.8) is 0 Å². The maximum atomic E-state index is 12.5. The highest BCUT2D eigenvalue weighted by Gasteiger charge is 2.49. The molecule has 3 amide bonds. The summed E-state index contributed by atoms with van der Waals surface area (Å²) in [4.78, 5) is 27.9. The summed E-state index contributed by atoms with van der Waals surface area (Å²) in [6.07, 6.45) is 2.27. The number of hydroxylamine groups is 2. The van der Waals surface area contributed by atoms with Gasteiger partial charge in [-0.15, -0.1) is 0 Å². The van der Waals surface area contributed by atoms with Crippen molar-refractivity contribution in [3.8, 4) is 0 Å². The summed E-state index contributed by atoms with van der Waals surface area (Å²) in [6, 6.07) is -0.566. The molecule has 0 aromatic carbocycles. The van der Waals surface area contributed by atoms with Crippen LogP contribution >= 0.6 is 12.9 Å². The molecule has 3 aliphatic heterocycles. The fraction of sp³-hybridized carbons (Fsp3) is 0.818. The summed E-state index contributed by atoms with van der Waals surface area (Å²) in [5, 5.41) is 1.26. The van der Waals surface area contributed by atoms with Crippen molar-refractivity contribution in [1.29, 1.82) is 0 Å². The smallest absolute Gasteiger partial charge is 0.339 e. The Morgan fingerprint density at radius 3 is 2.74 bits per heavy atom. The highest BCUT2D eigenvalue weighted by molar-refractivity contribution is 7.75. The van der Waals surface area contributed by atoms with E-state index in [2.05, 4.69) is 12.9 Å². The van der Waals surface area contributed by atoms with Gasteiger partial charge in [0.15, 0.2) is 0 Å². The highest BCUT2D eigenvalue weighted by atomic mass is 32.1. The van der Waals surface area contributed by atoms with Gasteiger partial charge >= 0.3 is 6.03 Å². The molecule has 2 bridgehead atoms. The Hall–Kier alpha value is -0.990. The van der Waals surface area contributed by atoms with Crippen LogP contribution in [0.2, 0.25) is 0 Å². The van der Waals surface area contributed by atoms with Crippen LogP contribution in [0.25, 0.3) is 0 Å². The lowest BCUT2D eigenvalue weighted by Gasteiger charge is -2.32. The van der Waals surface area contributed by atoms with Crippen LogP contribution in [0, 0.1) is 0 Å². The van der Waals surface area contributed by atoms with E-state index in [0.717, 1.165) is 12.8 Å². The number of hydrogen-bond acceptors (Lipinski definition) is 5. The third-order valence-electron chi connectivity index (χ3n) is 4.23. The molecule has 2 N–H and O–H groups in total. The van der Waals surface area contributed by atoms with Gasteiger partial charge in [-0.25, -0.2) is 9.08 Å². The van der Waals surface area contributed by atoms with Gasteiger partial charge < -0.3 is 15.5 Å². The van der Waals surface area contributed by atoms with E-state index in [-0.39, 0.29) is 30.1 Å². The third kappa shape index (κ3) is 2.07. The fourth-order valence-electron chi connectivity index (χ4n) is 3.19. The molecule has 3 aliphatic rings. The fourth-order valence-corrected chi connectivity index (χ4v) is 3.40. The Morgan fingerprint density at radius 1 is 1.32 bits per heavy atom. The van der Waals surface area contributed by atoms with Gasteiger partial charge in [-0.05, 0) is 19.3 Å². The third-order valence-corrected chi connectivity index (χ3v) is 4.41. The summed E-state index contributed by atoms with van der Waals surface area (Å²) in [5.41, 5.74) is 5.83. The van der Waals surface area contributed by atoms with E-state index in [1.807, 2.05) is 0 Å². The first-order valence-corrected chi connectivity index (χ1v) is 6.94. The number of nitrogens with two attached hydrogens (primary N) is 1. The average molecular weight is 286 g/mol. The molecule has 3 heterocycles. The second kappa shape index (κ2) is 4.84. The molecular formula is C11H18N4O3S. The number of likely N-dealkylation sites (tertiary alicyclic amines) is 1. The maximum Gasteiger partial charge on any atom is 0.345 e. The molecule has 0 aromatic rings. The standard InChI is InChI=1S/C11H18N4O3S/c12-7-3-4-13(5-7)10(16)9-2-1-8-6-14(9)11(17)15(8)18-19/h7-9,19H,1-6,12H2/t7-,8+,9-/m0/s1. The minimum atomic E-state index is -0.373. The second-order valence-electron chi connectivity index (χ2n) is 5.42. The number of nitrogens with zero attached hydrogens (tertiary/aromatic N) is 3. The predicted octanol–water partition coefficient (Wildman–Crippen LogP) is -0.409. The van der Waals surface area contributed by atoms with Crippen molar-refractivity contribution in [2.75, 3.05) is 19.6 Å². The zero-order valence-electron chi connectivity index (χ0n) is 10.6. The summed E-state index contributed by atoms with van der Waals surface area (Å²) in [7, 11) is 0. The molecule has 3 atom stereocenters. The van der Waals surface area contributed by atoms with E-state index in [1.165, 1.54) is 5.06 Å². The second-order valence-corrected chi connectivity index (χ2v) is 5.59. The highest BCUT2D eigenvalue weighted by Crippen LogP contribution is 2.31. The number of amides is 3. The van der Waals surface area contributed by atoms with Crippen molar-refractivity contribution < 1.29 is 13.9 Å². The summed E-state index contributed by atoms with van der Waals surface area (Å²) in [6.45, 7) is 1.82. The average Bonchev–Trinajstić information content (AvgIpc) is 2.93. The molecule has 19 heavy (non-hydrogen) atoms. The van der Waals surface area contributed by atoms with Gasteiger partial charge in [0, 0.05) is 38.6 Å². The van der Waals surface area contributed by atoms with Crippen LogP contribution in [-0.2, 0) is 9.08 Å². The molecule has 0 aliphatic carbocycles. The lowest BCUT2D eigenvalue weighted by atomic mass is 10.00. The first-order valence-electron chi connectivity index (χ1n) is 6.57. The first-order chi connectivity index (χ1) is 9.11. The topological polar surface area (TPSA) is 79.1 Å². The van der Waals surface area contributed by atoms with Crippen molar-refractivity contribution in [2.24, 2.45) is 5.73 Å².